The molecule has 9 heteroatoms. The second kappa shape index (κ2) is 9.65. The maximum Gasteiger partial charge on any atom is 0.219 e. The van der Waals surface area contributed by atoms with Gasteiger partial charge in [0.2, 0.25) is 5.91 Å². The number of carbonyl (C=O) groups is 1. The van der Waals surface area contributed by atoms with Crippen LogP contribution in [0.25, 0.3) is 11.3 Å². The molecule has 1 amide bonds. The van der Waals surface area contributed by atoms with E-state index in [0.29, 0.717) is 29.1 Å². The van der Waals surface area contributed by atoms with E-state index < -0.39 is 11.2 Å². The molecule has 1 unspecified atom stereocenters. The largest absolute Gasteiger partial charge is 0.612 e. The zero-order valence-corrected chi connectivity index (χ0v) is 19.6. The second-order valence-electron chi connectivity index (χ2n) is 7.36. The summed E-state index contributed by atoms with van der Waals surface area (Å²) in [5, 5.41) is 1.98. The SMILES string of the molecule is CC(=O)N1CCC(c2nc(-c3ccc([S+](C)[O-])cc3)c(Sc3ccc(Cl)cn3)o2)CC1. The minimum absolute atomic E-state index is 0.102. The number of rotatable bonds is 5. The van der Waals surface area contributed by atoms with Gasteiger partial charge in [-0.1, -0.05) is 11.6 Å². The Morgan fingerprint density at radius 2 is 1.94 bits per heavy atom. The Hall–Kier alpha value is -2.00. The van der Waals surface area contributed by atoms with Gasteiger partial charge in [-0.25, -0.2) is 9.97 Å². The van der Waals surface area contributed by atoms with E-state index in [1.54, 1.807) is 25.4 Å². The van der Waals surface area contributed by atoms with Crippen molar-refractivity contribution in [2.24, 2.45) is 0 Å². The van der Waals surface area contributed by atoms with Gasteiger partial charge in [0.25, 0.3) is 0 Å². The van der Waals surface area contributed by atoms with Crippen molar-refractivity contribution in [1.29, 1.82) is 0 Å². The highest BCUT2D eigenvalue weighted by Gasteiger charge is 2.28. The van der Waals surface area contributed by atoms with Gasteiger partial charge in [0.15, 0.2) is 15.9 Å². The Morgan fingerprint density at radius 3 is 2.52 bits per heavy atom. The second-order valence-corrected chi connectivity index (χ2v) is 10.2. The molecule has 3 heterocycles. The fraction of sp³-hybridized carbons (Fsp3) is 0.318. The number of pyridine rings is 1. The monoisotopic (exact) mass is 475 g/mol. The molecule has 0 N–H and O–H groups in total. The first kappa shape index (κ1) is 22.2. The number of piperidine rings is 1. The molecule has 31 heavy (non-hydrogen) atoms. The van der Waals surface area contributed by atoms with Crippen molar-refractivity contribution in [2.75, 3.05) is 19.3 Å². The molecule has 1 atom stereocenters. The van der Waals surface area contributed by atoms with Crippen LogP contribution in [0.3, 0.4) is 0 Å². The molecule has 0 bridgehead atoms. The van der Waals surface area contributed by atoms with Gasteiger partial charge >= 0.3 is 0 Å². The van der Waals surface area contributed by atoms with Crippen molar-refractivity contribution >= 4 is 40.4 Å². The van der Waals surface area contributed by atoms with Crippen LogP contribution in [0.5, 0.6) is 0 Å². The third kappa shape index (κ3) is 5.26. The normalized spacial score (nSPS) is 15.8. The van der Waals surface area contributed by atoms with Crippen LogP contribution in [-0.4, -0.2) is 44.7 Å². The Morgan fingerprint density at radius 1 is 1.23 bits per heavy atom. The first-order chi connectivity index (χ1) is 14.9. The number of amides is 1. The number of halogens is 1. The van der Waals surface area contributed by atoms with E-state index in [1.807, 2.05) is 35.2 Å². The van der Waals surface area contributed by atoms with E-state index in [4.69, 9.17) is 21.0 Å². The molecule has 4 rings (SSSR count). The zero-order chi connectivity index (χ0) is 22.0. The summed E-state index contributed by atoms with van der Waals surface area (Å²) in [7, 11) is 0. The Balaban J connectivity index is 1.64. The third-order valence-electron chi connectivity index (χ3n) is 5.26. The van der Waals surface area contributed by atoms with Crippen molar-refractivity contribution in [3.05, 3.63) is 53.5 Å². The van der Waals surface area contributed by atoms with E-state index in [0.717, 1.165) is 34.0 Å². The Bertz CT molecular complexity index is 1050. The van der Waals surface area contributed by atoms with Gasteiger partial charge in [-0.3, -0.25) is 4.79 Å². The molecule has 0 aliphatic carbocycles. The topological polar surface area (TPSA) is 82.3 Å². The minimum Gasteiger partial charge on any atom is -0.612 e. The lowest BCUT2D eigenvalue weighted by molar-refractivity contribution is -0.129. The summed E-state index contributed by atoms with van der Waals surface area (Å²) in [6.07, 6.45) is 4.89. The zero-order valence-electron chi connectivity index (χ0n) is 17.2. The Kier molecular flexibility index (Phi) is 6.91. The van der Waals surface area contributed by atoms with Gasteiger partial charge in [0, 0.05) is 37.7 Å². The molecule has 1 aliphatic heterocycles. The van der Waals surface area contributed by atoms with Crippen molar-refractivity contribution in [3.8, 4) is 11.3 Å². The van der Waals surface area contributed by atoms with Crippen LogP contribution in [-0.2, 0) is 16.0 Å². The number of oxazole rings is 1. The van der Waals surface area contributed by atoms with Crippen molar-refractivity contribution < 1.29 is 13.8 Å². The molecule has 0 radical (unpaired) electrons. The predicted octanol–water partition coefficient (Wildman–Crippen LogP) is 5.00. The summed E-state index contributed by atoms with van der Waals surface area (Å²) in [6, 6.07) is 11.1. The lowest BCUT2D eigenvalue weighted by Gasteiger charge is -2.29. The van der Waals surface area contributed by atoms with Crippen molar-refractivity contribution in [1.82, 2.24) is 14.9 Å². The van der Waals surface area contributed by atoms with Gasteiger partial charge in [-0.15, -0.1) is 0 Å². The first-order valence-electron chi connectivity index (χ1n) is 9.90. The Labute approximate surface area is 193 Å². The van der Waals surface area contributed by atoms with Gasteiger partial charge < -0.3 is 13.9 Å². The van der Waals surface area contributed by atoms with Gasteiger partial charge in [0.1, 0.15) is 17.0 Å². The number of benzene rings is 1. The highest BCUT2D eigenvalue weighted by Crippen LogP contribution is 2.39. The van der Waals surface area contributed by atoms with E-state index in [2.05, 4.69) is 4.98 Å². The van der Waals surface area contributed by atoms with Crippen LogP contribution < -0.4 is 0 Å². The summed E-state index contributed by atoms with van der Waals surface area (Å²) in [6.45, 7) is 3.01. The molecule has 0 saturated carbocycles. The number of aromatic nitrogens is 2. The minimum atomic E-state index is -1.04. The molecular formula is C22H22ClN3O3S2. The fourth-order valence-corrected chi connectivity index (χ4v) is 4.96. The fourth-order valence-electron chi connectivity index (χ4n) is 3.51. The predicted molar refractivity (Wildman–Crippen MR) is 122 cm³/mol. The summed E-state index contributed by atoms with van der Waals surface area (Å²) in [5.41, 5.74) is 1.63. The highest BCUT2D eigenvalue weighted by atomic mass is 35.5. The lowest BCUT2D eigenvalue weighted by atomic mass is 9.97. The molecule has 162 valence electrons. The number of likely N-dealkylation sites (tertiary alicyclic amines) is 1. The van der Waals surface area contributed by atoms with Crippen LogP contribution in [0.2, 0.25) is 5.02 Å². The number of carbonyl (C=O) groups excluding carboxylic acids is 1. The van der Waals surface area contributed by atoms with Crippen molar-refractivity contribution in [2.45, 2.75) is 40.7 Å². The maximum atomic E-state index is 11.7. The summed E-state index contributed by atoms with van der Waals surface area (Å²) in [4.78, 5) is 23.5. The van der Waals surface area contributed by atoms with E-state index in [1.165, 1.54) is 11.8 Å². The molecule has 1 saturated heterocycles. The molecular weight excluding hydrogens is 454 g/mol. The van der Waals surface area contributed by atoms with Crippen LogP contribution in [0.15, 0.2) is 62.0 Å². The van der Waals surface area contributed by atoms with E-state index >= 15 is 0 Å². The van der Waals surface area contributed by atoms with Gasteiger partial charge in [-0.2, -0.15) is 0 Å². The molecule has 1 fully saturated rings. The standard InChI is InChI=1S/C22H22ClN3O3S2/c1-14(27)26-11-9-16(10-12-26)21-25-20(15-3-6-18(7-4-15)31(2)28)22(29-21)30-19-8-5-17(23)13-24-19/h3-8,13,16H,9-12H2,1-2H3. The first-order valence-corrected chi connectivity index (χ1v) is 12.7. The summed E-state index contributed by atoms with van der Waals surface area (Å²) < 4.78 is 18.0. The van der Waals surface area contributed by atoms with Crippen LogP contribution in [0.4, 0.5) is 0 Å². The average Bonchev–Trinajstić information content (AvgIpc) is 3.19. The summed E-state index contributed by atoms with van der Waals surface area (Å²) >= 11 is 6.31. The number of hydrogen-bond donors (Lipinski definition) is 0. The maximum absolute atomic E-state index is 11.7. The summed E-state index contributed by atoms with van der Waals surface area (Å²) in [5.74, 6) is 0.937. The highest BCUT2D eigenvalue weighted by molar-refractivity contribution is 7.99. The molecule has 6 nitrogen and oxygen atoms in total. The average molecular weight is 476 g/mol. The van der Waals surface area contributed by atoms with Crippen LogP contribution in [0, 0.1) is 0 Å². The van der Waals surface area contributed by atoms with Crippen LogP contribution >= 0.6 is 23.4 Å². The molecule has 3 aromatic rings. The molecule has 1 aliphatic rings. The smallest absolute Gasteiger partial charge is 0.219 e. The quantitative estimate of drug-likeness (QED) is 0.482. The van der Waals surface area contributed by atoms with Gasteiger partial charge in [-0.05, 0) is 72.2 Å². The molecule has 2 aromatic heterocycles. The van der Waals surface area contributed by atoms with Gasteiger partial charge in [0.05, 0.1) is 5.02 Å². The molecule has 0 spiro atoms. The van der Waals surface area contributed by atoms with Crippen molar-refractivity contribution in [3.63, 3.8) is 0 Å². The third-order valence-corrected chi connectivity index (χ3v) is 7.33. The number of hydrogen-bond acceptors (Lipinski definition) is 6. The van der Waals surface area contributed by atoms with E-state index in [-0.39, 0.29) is 11.8 Å². The van der Waals surface area contributed by atoms with Crippen LogP contribution in [0.1, 0.15) is 31.6 Å². The lowest BCUT2D eigenvalue weighted by Crippen LogP contribution is -2.36. The molecule has 1 aromatic carbocycles. The number of nitrogens with zero attached hydrogens (tertiary/aromatic N) is 3. The van der Waals surface area contributed by atoms with E-state index in [9.17, 15) is 9.35 Å².